The highest BCUT2D eigenvalue weighted by Gasteiger charge is 2.18. The van der Waals surface area contributed by atoms with Gasteiger partial charge >= 0.3 is 6.03 Å². The van der Waals surface area contributed by atoms with Gasteiger partial charge in [-0.2, -0.15) is 0 Å². The van der Waals surface area contributed by atoms with E-state index in [2.05, 4.69) is 31.1 Å². The van der Waals surface area contributed by atoms with Crippen molar-refractivity contribution in [1.82, 2.24) is 15.2 Å². The van der Waals surface area contributed by atoms with E-state index >= 15 is 0 Å². The molecule has 0 spiro atoms. The molecule has 0 aliphatic heterocycles. The number of carbonyl (C=O) groups is 1. The minimum absolute atomic E-state index is 0.00214. The number of urea groups is 1. The summed E-state index contributed by atoms with van der Waals surface area (Å²) in [4.78, 5) is 18.3. The average Bonchev–Trinajstić information content (AvgIpc) is 3.02. The van der Waals surface area contributed by atoms with Gasteiger partial charge in [-0.3, -0.25) is 0 Å². The predicted octanol–water partition coefficient (Wildman–Crippen LogP) is 3.93. The number of ether oxygens (including phenoxy) is 1. The molecule has 0 aliphatic rings. The summed E-state index contributed by atoms with van der Waals surface area (Å²) in [5.41, 5.74) is 1.54. The average molecular weight is 365 g/mol. The largest absolute Gasteiger partial charge is 0.494 e. The monoisotopic (exact) mass is 365 g/mol. The van der Waals surface area contributed by atoms with Crippen molar-refractivity contribution in [2.24, 2.45) is 0 Å². The molecule has 136 valence electrons. The molecule has 0 fully saturated rings. The van der Waals surface area contributed by atoms with Crippen molar-refractivity contribution in [3.8, 4) is 5.75 Å². The molecule has 0 radical (unpaired) electrons. The van der Waals surface area contributed by atoms with Crippen LogP contribution in [0.2, 0.25) is 0 Å². The van der Waals surface area contributed by atoms with Crippen molar-refractivity contribution in [2.45, 2.75) is 39.3 Å². The highest BCUT2D eigenvalue weighted by Crippen LogP contribution is 2.25. The van der Waals surface area contributed by atoms with Gasteiger partial charge in [0.25, 0.3) is 0 Å². The van der Waals surface area contributed by atoms with E-state index in [9.17, 15) is 9.18 Å². The number of amides is 2. The Bertz CT molecular complexity index is 740. The van der Waals surface area contributed by atoms with Gasteiger partial charge in [-0.05, 0) is 17.7 Å². The molecule has 0 atom stereocenters. The summed E-state index contributed by atoms with van der Waals surface area (Å²) in [7, 11) is 3.08. The fraction of sp³-hybridized carbons (Fsp3) is 0.444. The number of methoxy groups -OCH3 is 1. The Balaban J connectivity index is 1.90. The smallest absolute Gasteiger partial charge is 0.317 e. The van der Waals surface area contributed by atoms with Gasteiger partial charge in [-0.1, -0.05) is 26.8 Å². The zero-order valence-corrected chi connectivity index (χ0v) is 16.0. The number of thiazole rings is 1. The molecule has 25 heavy (non-hydrogen) atoms. The number of nitrogens with zero attached hydrogens (tertiary/aromatic N) is 2. The Hall–Kier alpha value is -2.15. The highest BCUT2D eigenvalue weighted by molar-refractivity contribution is 7.09. The second-order valence-electron chi connectivity index (χ2n) is 6.88. The SMILES string of the molecule is COc1ccc(CN(C)C(=O)NCc2csc(C(C)(C)C)n2)cc1F. The molecule has 0 unspecified atom stereocenters. The van der Waals surface area contributed by atoms with Crippen LogP contribution in [0.4, 0.5) is 9.18 Å². The summed E-state index contributed by atoms with van der Waals surface area (Å²) < 4.78 is 18.6. The Labute approximate surface area is 151 Å². The minimum Gasteiger partial charge on any atom is -0.494 e. The van der Waals surface area contributed by atoms with Gasteiger partial charge in [0.15, 0.2) is 11.6 Å². The molecule has 2 rings (SSSR count). The van der Waals surface area contributed by atoms with E-state index in [0.717, 1.165) is 10.7 Å². The van der Waals surface area contributed by atoms with Crippen LogP contribution in [0.5, 0.6) is 5.75 Å². The van der Waals surface area contributed by atoms with Crippen molar-refractivity contribution in [3.63, 3.8) is 0 Å². The van der Waals surface area contributed by atoms with Crippen LogP contribution in [0.1, 0.15) is 37.0 Å². The Kier molecular flexibility index (Phi) is 6.00. The molecule has 2 aromatic rings. The van der Waals surface area contributed by atoms with E-state index in [4.69, 9.17) is 4.74 Å². The lowest BCUT2D eigenvalue weighted by Gasteiger charge is -2.18. The third-order valence-electron chi connectivity index (χ3n) is 3.60. The number of carbonyl (C=O) groups excluding carboxylic acids is 1. The summed E-state index contributed by atoms with van der Waals surface area (Å²) in [5, 5.41) is 5.83. The van der Waals surface area contributed by atoms with Crippen molar-refractivity contribution < 1.29 is 13.9 Å². The van der Waals surface area contributed by atoms with Crippen LogP contribution in [0.3, 0.4) is 0 Å². The number of hydrogen-bond acceptors (Lipinski definition) is 4. The lowest BCUT2D eigenvalue weighted by molar-refractivity contribution is 0.206. The molecular formula is C18H24FN3O2S. The Morgan fingerprint density at radius 2 is 2.12 bits per heavy atom. The summed E-state index contributed by atoms with van der Waals surface area (Å²) in [6.45, 7) is 6.99. The first-order valence-electron chi connectivity index (χ1n) is 7.97. The lowest BCUT2D eigenvalue weighted by Crippen LogP contribution is -2.36. The number of hydrogen-bond donors (Lipinski definition) is 1. The third kappa shape index (κ3) is 5.16. The first-order valence-corrected chi connectivity index (χ1v) is 8.85. The van der Waals surface area contributed by atoms with Gasteiger partial charge in [0.2, 0.25) is 0 Å². The maximum Gasteiger partial charge on any atom is 0.317 e. The molecule has 2 amide bonds. The number of aromatic nitrogens is 1. The maximum absolute atomic E-state index is 13.7. The van der Waals surface area contributed by atoms with Gasteiger partial charge in [-0.25, -0.2) is 14.2 Å². The number of halogens is 1. The third-order valence-corrected chi connectivity index (χ3v) is 4.91. The van der Waals surface area contributed by atoms with Gasteiger partial charge in [-0.15, -0.1) is 11.3 Å². The van der Waals surface area contributed by atoms with Gasteiger partial charge < -0.3 is 15.0 Å². The Morgan fingerprint density at radius 1 is 1.40 bits per heavy atom. The van der Waals surface area contributed by atoms with Crippen LogP contribution in [0.15, 0.2) is 23.6 Å². The Morgan fingerprint density at radius 3 is 2.68 bits per heavy atom. The van der Waals surface area contributed by atoms with Crippen LogP contribution in [-0.2, 0) is 18.5 Å². The van der Waals surface area contributed by atoms with E-state index in [0.29, 0.717) is 18.7 Å². The van der Waals surface area contributed by atoms with E-state index in [1.165, 1.54) is 18.1 Å². The molecule has 0 aliphatic carbocycles. The van der Waals surface area contributed by atoms with E-state index in [1.54, 1.807) is 30.5 Å². The molecule has 1 heterocycles. The number of benzene rings is 1. The van der Waals surface area contributed by atoms with Crippen LogP contribution < -0.4 is 10.1 Å². The van der Waals surface area contributed by atoms with Crippen LogP contribution in [0.25, 0.3) is 0 Å². The minimum atomic E-state index is -0.439. The van der Waals surface area contributed by atoms with Crippen LogP contribution in [-0.4, -0.2) is 30.1 Å². The maximum atomic E-state index is 13.7. The fourth-order valence-electron chi connectivity index (χ4n) is 2.19. The topological polar surface area (TPSA) is 54.5 Å². The zero-order valence-electron chi connectivity index (χ0n) is 15.2. The number of nitrogens with one attached hydrogen (secondary N) is 1. The highest BCUT2D eigenvalue weighted by atomic mass is 32.1. The quantitative estimate of drug-likeness (QED) is 0.873. The molecule has 1 N–H and O–H groups in total. The summed E-state index contributed by atoms with van der Waals surface area (Å²) in [5.74, 6) is -0.250. The summed E-state index contributed by atoms with van der Waals surface area (Å²) >= 11 is 1.59. The lowest BCUT2D eigenvalue weighted by atomic mass is 9.98. The first kappa shape index (κ1) is 19.2. The van der Waals surface area contributed by atoms with E-state index < -0.39 is 5.82 Å². The van der Waals surface area contributed by atoms with Gasteiger partial charge in [0.1, 0.15) is 0 Å². The molecular weight excluding hydrogens is 341 g/mol. The molecule has 5 nitrogen and oxygen atoms in total. The first-order chi connectivity index (χ1) is 11.7. The molecule has 0 bridgehead atoms. The normalized spacial score (nSPS) is 11.3. The second-order valence-corrected chi connectivity index (χ2v) is 7.74. The molecule has 1 aromatic carbocycles. The standard InChI is InChI=1S/C18H24FN3O2S/c1-18(2,3)16-21-13(11-25-16)9-20-17(23)22(4)10-12-6-7-15(24-5)14(19)8-12/h6-8,11H,9-10H2,1-5H3,(H,20,23). The van der Waals surface area contributed by atoms with Crippen LogP contribution in [0, 0.1) is 5.82 Å². The van der Waals surface area contributed by atoms with E-state index in [1.807, 2.05) is 5.38 Å². The van der Waals surface area contributed by atoms with Crippen molar-refractivity contribution >= 4 is 17.4 Å². The fourth-order valence-corrected chi connectivity index (χ4v) is 3.09. The number of rotatable bonds is 5. The summed E-state index contributed by atoms with van der Waals surface area (Å²) in [6.07, 6.45) is 0. The van der Waals surface area contributed by atoms with Gasteiger partial charge in [0, 0.05) is 24.4 Å². The molecule has 0 saturated carbocycles. The molecule has 1 aromatic heterocycles. The predicted molar refractivity (Wildman–Crippen MR) is 97.5 cm³/mol. The summed E-state index contributed by atoms with van der Waals surface area (Å²) in [6, 6.07) is 4.43. The van der Waals surface area contributed by atoms with E-state index in [-0.39, 0.29) is 17.2 Å². The van der Waals surface area contributed by atoms with Crippen molar-refractivity contribution in [3.05, 3.63) is 45.7 Å². The van der Waals surface area contributed by atoms with Gasteiger partial charge in [0.05, 0.1) is 24.4 Å². The molecule has 7 heteroatoms. The van der Waals surface area contributed by atoms with Crippen molar-refractivity contribution in [2.75, 3.05) is 14.2 Å². The van der Waals surface area contributed by atoms with Crippen molar-refractivity contribution in [1.29, 1.82) is 0 Å². The second kappa shape index (κ2) is 7.82. The zero-order chi connectivity index (χ0) is 18.6. The molecule has 0 saturated heterocycles. The van der Waals surface area contributed by atoms with Crippen LogP contribution >= 0.6 is 11.3 Å².